The Kier molecular flexibility index (Phi) is 2.82. The molecule has 0 aliphatic carbocycles. The van der Waals surface area contributed by atoms with E-state index in [0.717, 1.165) is 0 Å². The van der Waals surface area contributed by atoms with Crippen molar-refractivity contribution in [3.8, 4) is 0 Å². The predicted octanol–water partition coefficient (Wildman–Crippen LogP) is 0.288. The van der Waals surface area contributed by atoms with Gasteiger partial charge in [-0.1, -0.05) is 0 Å². The lowest BCUT2D eigenvalue weighted by Crippen LogP contribution is -2.16. The molecule has 1 heterocycles. The summed E-state index contributed by atoms with van der Waals surface area (Å²) in [6, 6.07) is 4.64. The third-order valence-corrected chi connectivity index (χ3v) is 2.03. The van der Waals surface area contributed by atoms with Gasteiger partial charge in [0.15, 0.2) is 0 Å². The minimum atomic E-state index is -0.407. The third-order valence-electron chi connectivity index (χ3n) is 2.03. The number of amides is 1. The second-order valence-corrected chi connectivity index (χ2v) is 3.27. The largest absolute Gasteiger partial charge is 0.399 e. The van der Waals surface area contributed by atoms with Crippen LogP contribution in [0.3, 0.4) is 0 Å². The zero-order chi connectivity index (χ0) is 12.3. The van der Waals surface area contributed by atoms with Crippen LogP contribution in [0.15, 0.2) is 30.6 Å². The second-order valence-electron chi connectivity index (χ2n) is 3.27. The SMILES string of the molecule is Nc1ccc(C(=O)Nc2nccnn2)c(N)c1. The van der Waals surface area contributed by atoms with Gasteiger partial charge in [-0.25, -0.2) is 4.98 Å². The van der Waals surface area contributed by atoms with Gasteiger partial charge in [-0.05, 0) is 18.2 Å². The van der Waals surface area contributed by atoms with Crippen LogP contribution < -0.4 is 16.8 Å². The van der Waals surface area contributed by atoms with Crippen LogP contribution in [0.4, 0.5) is 17.3 Å². The first-order chi connectivity index (χ1) is 8.16. The molecule has 0 atom stereocenters. The molecule has 0 unspecified atom stereocenters. The van der Waals surface area contributed by atoms with Crippen LogP contribution in [0.5, 0.6) is 0 Å². The Morgan fingerprint density at radius 2 is 2.06 bits per heavy atom. The van der Waals surface area contributed by atoms with Gasteiger partial charge in [-0.3, -0.25) is 10.1 Å². The molecular formula is C10H10N6O. The Balaban J connectivity index is 2.21. The molecule has 0 saturated carbocycles. The number of nitrogens with two attached hydrogens (primary N) is 2. The van der Waals surface area contributed by atoms with Crippen LogP contribution in [-0.4, -0.2) is 21.1 Å². The standard InChI is InChI=1S/C10H10N6O/c11-6-1-2-7(8(12)5-6)9(17)15-10-13-3-4-14-16-10/h1-5H,11-12H2,(H,13,15,16,17). The summed E-state index contributed by atoms with van der Waals surface area (Å²) in [4.78, 5) is 15.6. The minimum absolute atomic E-state index is 0.119. The molecule has 1 amide bonds. The van der Waals surface area contributed by atoms with Crippen molar-refractivity contribution in [2.75, 3.05) is 16.8 Å². The summed E-state index contributed by atoms with van der Waals surface area (Å²) in [7, 11) is 0. The van der Waals surface area contributed by atoms with E-state index in [1.165, 1.54) is 24.5 Å². The molecule has 0 fully saturated rings. The maximum absolute atomic E-state index is 11.8. The monoisotopic (exact) mass is 230 g/mol. The van der Waals surface area contributed by atoms with E-state index >= 15 is 0 Å². The van der Waals surface area contributed by atoms with E-state index < -0.39 is 5.91 Å². The summed E-state index contributed by atoms with van der Waals surface area (Å²) in [5, 5.41) is 9.70. The highest BCUT2D eigenvalue weighted by molar-refractivity contribution is 6.07. The molecule has 0 spiro atoms. The van der Waals surface area contributed by atoms with Crippen molar-refractivity contribution >= 4 is 23.2 Å². The van der Waals surface area contributed by atoms with Crippen LogP contribution >= 0.6 is 0 Å². The van der Waals surface area contributed by atoms with Crippen molar-refractivity contribution in [2.45, 2.75) is 0 Å². The summed E-state index contributed by atoms with van der Waals surface area (Å²) in [6.45, 7) is 0. The van der Waals surface area contributed by atoms with Crippen LogP contribution in [0.25, 0.3) is 0 Å². The lowest BCUT2D eigenvalue weighted by atomic mass is 10.1. The summed E-state index contributed by atoms with van der Waals surface area (Å²) < 4.78 is 0. The number of hydrogen-bond acceptors (Lipinski definition) is 6. The molecule has 2 aromatic rings. The Bertz CT molecular complexity index is 542. The first-order valence-electron chi connectivity index (χ1n) is 4.77. The van der Waals surface area contributed by atoms with Gasteiger partial charge in [0.05, 0.1) is 18.0 Å². The van der Waals surface area contributed by atoms with Crippen LogP contribution in [0.2, 0.25) is 0 Å². The lowest BCUT2D eigenvalue weighted by Gasteiger charge is -2.06. The number of benzene rings is 1. The molecule has 1 aromatic heterocycles. The highest BCUT2D eigenvalue weighted by atomic mass is 16.1. The van der Waals surface area contributed by atoms with E-state index in [9.17, 15) is 4.79 Å². The summed E-state index contributed by atoms with van der Waals surface area (Å²) in [5.41, 5.74) is 12.3. The lowest BCUT2D eigenvalue weighted by molar-refractivity contribution is 0.102. The van der Waals surface area contributed by atoms with Crippen LogP contribution in [-0.2, 0) is 0 Å². The van der Waals surface area contributed by atoms with Crippen molar-refractivity contribution in [1.82, 2.24) is 15.2 Å². The van der Waals surface area contributed by atoms with Gasteiger partial charge >= 0.3 is 0 Å². The highest BCUT2D eigenvalue weighted by Gasteiger charge is 2.11. The van der Waals surface area contributed by atoms with Gasteiger partial charge in [-0.15, -0.1) is 5.10 Å². The quantitative estimate of drug-likeness (QED) is 0.638. The molecule has 1 aromatic carbocycles. The topological polar surface area (TPSA) is 120 Å². The zero-order valence-corrected chi connectivity index (χ0v) is 8.79. The van der Waals surface area contributed by atoms with Crippen molar-refractivity contribution in [3.63, 3.8) is 0 Å². The van der Waals surface area contributed by atoms with Gasteiger partial charge < -0.3 is 11.5 Å². The average Bonchev–Trinajstić information content (AvgIpc) is 2.30. The maximum atomic E-state index is 11.8. The van der Waals surface area contributed by atoms with Gasteiger partial charge in [0.2, 0.25) is 5.95 Å². The number of anilines is 3. The molecule has 0 aliphatic heterocycles. The highest BCUT2D eigenvalue weighted by Crippen LogP contribution is 2.16. The van der Waals surface area contributed by atoms with Crippen LogP contribution in [0, 0.1) is 0 Å². The molecule has 0 aliphatic rings. The molecule has 5 N–H and O–H groups in total. The summed E-state index contributed by atoms with van der Waals surface area (Å²) in [6.07, 6.45) is 2.84. The Morgan fingerprint density at radius 1 is 1.24 bits per heavy atom. The van der Waals surface area contributed by atoms with Crippen molar-refractivity contribution in [1.29, 1.82) is 0 Å². The number of carbonyl (C=O) groups excluding carboxylic acids is 1. The van der Waals surface area contributed by atoms with Gasteiger partial charge in [0.1, 0.15) is 0 Å². The molecule has 0 bridgehead atoms. The Labute approximate surface area is 96.9 Å². The van der Waals surface area contributed by atoms with Crippen molar-refractivity contribution in [2.24, 2.45) is 0 Å². The van der Waals surface area contributed by atoms with E-state index in [-0.39, 0.29) is 5.95 Å². The van der Waals surface area contributed by atoms with E-state index in [0.29, 0.717) is 16.9 Å². The van der Waals surface area contributed by atoms with Crippen molar-refractivity contribution < 1.29 is 4.79 Å². The number of rotatable bonds is 2. The van der Waals surface area contributed by atoms with E-state index in [4.69, 9.17) is 11.5 Å². The fraction of sp³-hybridized carbons (Fsp3) is 0. The number of aromatic nitrogens is 3. The number of nitrogens with zero attached hydrogens (tertiary/aromatic N) is 3. The Hall–Kier alpha value is -2.70. The fourth-order valence-corrected chi connectivity index (χ4v) is 1.26. The molecule has 7 nitrogen and oxygen atoms in total. The smallest absolute Gasteiger partial charge is 0.260 e. The molecule has 86 valence electrons. The Morgan fingerprint density at radius 3 is 2.71 bits per heavy atom. The third kappa shape index (κ3) is 2.46. The average molecular weight is 230 g/mol. The number of carbonyl (C=O) groups is 1. The molecule has 0 saturated heterocycles. The summed E-state index contributed by atoms with van der Waals surface area (Å²) >= 11 is 0. The second kappa shape index (κ2) is 4.44. The summed E-state index contributed by atoms with van der Waals surface area (Å²) in [5.74, 6) is -0.288. The van der Waals surface area contributed by atoms with Crippen LogP contribution in [0.1, 0.15) is 10.4 Å². The normalized spacial score (nSPS) is 9.88. The van der Waals surface area contributed by atoms with Gasteiger partial charge in [-0.2, -0.15) is 5.10 Å². The molecular weight excluding hydrogens is 220 g/mol. The van der Waals surface area contributed by atoms with Gasteiger partial charge in [0.25, 0.3) is 5.91 Å². The first-order valence-corrected chi connectivity index (χ1v) is 4.77. The molecule has 17 heavy (non-hydrogen) atoms. The molecule has 0 radical (unpaired) electrons. The maximum Gasteiger partial charge on any atom is 0.260 e. The fourth-order valence-electron chi connectivity index (χ4n) is 1.26. The molecule has 2 rings (SSSR count). The minimum Gasteiger partial charge on any atom is -0.399 e. The van der Waals surface area contributed by atoms with E-state index in [2.05, 4.69) is 20.5 Å². The van der Waals surface area contributed by atoms with Crippen molar-refractivity contribution in [3.05, 3.63) is 36.2 Å². The predicted molar refractivity (Wildman–Crippen MR) is 63.0 cm³/mol. The zero-order valence-electron chi connectivity index (χ0n) is 8.79. The van der Waals surface area contributed by atoms with E-state index in [1.54, 1.807) is 6.07 Å². The number of nitrogens with one attached hydrogen (secondary N) is 1. The van der Waals surface area contributed by atoms with E-state index in [1.807, 2.05) is 0 Å². The van der Waals surface area contributed by atoms with Gasteiger partial charge in [0, 0.05) is 11.4 Å². The number of hydrogen-bond donors (Lipinski definition) is 3. The number of nitrogen functional groups attached to an aromatic ring is 2. The molecule has 7 heteroatoms. The first kappa shape index (κ1) is 10.8.